The molecule has 1 aliphatic rings. The van der Waals surface area contributed by atoms with Crippen LogP contribution in [0.3, 0.4) is 0 Å². The number of amides is 1. The topological polar surface area (TPSA) is 50.8 Å². The first-order valence-electron chi connectivity index (χ1n) is 11.4. The summed E-state index contributed by atoms with van der Waals surface area (Å²) in [4.78, 5) is 15.4. The van der Waals surface area contributed by atoms with Crippen molar-refractivity contribution in [2.24, 2.45) is 0 Å². The van der Waals surface area contributed by atoms with Gasteiger partial charge < -0.3 is 19.7 Å². The van der Waals surface area contributed by atoms with Crippen LogP contribution in [0.1, 0.15) is 38.7 Å². The highest BCUT2D eigenvalue weighted by Gasteiger charge is 2.27. The summed E-state index contributed by atoms with van der Waals surface area (Å²) in [5, 5.41) is 3.44. The molecule has 5 heteroatoms. The Balaban J connectivity index is 1.81. The summed E-state index contributed by atoms with van der Waals surface area (Å²) < 4.78 is 11.1. The highest BCUT2D eigenvalue weighted by molar-refractivity contribution is 5.80. The van der Waals surface area contributed by atoms with Crippen LogP contribution in [0.25, 0.3) is 11.1 Å². The van der Waals surface area contributed by atoms with Crippen molar-refractivity contribution in [1.82, 2.24) is 10.2 Å². The van der Waals surface area contributed by atoms with Gasteiger partial charge in [-0.05, 0) is 62.1 Å². The Labute approximate surface area is 186 Å². The third kappa shape index (κ3) is 6.81. The summed E-state index contributed by atoms with van der Waals surface area (Å²) in [5.74, 6) is 0.981. The largest absolute Gasteiger partial charge is 0.493 e. The predicted octanol–water partition coefficient (Wildman–Crippen LogP) is 4.30. The van der Waals surface area contributed by atoms with Crippen LogP contribution < -0.4 is 10.1 Å². The molecule has 2 aromatic carbocycles. The van der Waals surface area contributed by atoms with Gasteiger partial charge in [0.1, 0.15) is 5.75 Å². The molecule has 1 saturated heterocycles. The van der Waals surface area contributed by atoms with Crippen LogP contribution in [0.5, 0.6) is 5.75 Å². The van der Waals surface area contributed by atoms with Crippen molar-refractivity contribution in [2.75, 3.05) is 33.4 Å². The van der Waals surface area contributed by atoms with Gasteiger partial charge in [-0.3, -0.25) is 4.79 Å². The molecule has 0 bridgehead atoms. The number of nitrogens with one attached hydrogen (secondary N) is 1. The number of carbonyl (C=O) groups excluding carboxylic acids is 1. The van der Waals surface area contributed by atoms with E-state index < -0.39 is 0 Å². The number of methoxy groups -OCH3 is 1. The van der Waals surface area contributed by atoms with Gasteiger partial charge in [0.15, 0.2) is 0 Å². The lowest BCUT2D eigenvalue weighted by molar-refractivity contribution is -0.135. The molecule has 1 N–H and O–H groups in total. The Morgan fingerprint density at radius 3 is 2.61 bits per heavy atom. The number of rotatable bonds is 10. The number of nitrogens with zero attached hydrogens (tertiary/aromatic N) is 1. The maximum atomic E-state index is 13.4. The Morgan fingerprint density at radius 2 is 1.94 bits per heavy atom. The molecule has 1 fully saturated rings. The first kappa shape index (κ1) is 23.3. The van der Waals surface area contributed by atoms with E-state index in [1.165, 1.54) is 0 Å². The van der Waals surface area contributed by atoms with Gasteiger partial charge in [0, 0.05) is 38.8 Å². The fraction of sp³-hybridized carbons (Fsp3) is 0.500. The lowest BCUT2D eigenvalue weighted by Crippen LogP contribution is -2.52. The lowest BCUT2D eigenvalue weighted by Gasteiger charge is -2.37. The molecule has 1 atom stereocenters. The molecule has 1 aliphatic heterocycles. The molecule has 0 aliphatic carbocycles. The summed E-state index contributed by atoms with van der Waals surface area (Å²) in [7, 11) is 1.70. The molecule has 0 radical (unpaired) electrons. The third-order valence-electron chi connectivity index (χ3n) is 5.70. The quantitative estimate of drug-likeness (QED) is 0.578. The smallest absolute Gasteiger partial charge is 0.227 e. The minimum Gasteiger partial charge on any atom is -0.493 e. The number of ether oxygens (including phenoxy) is 2. The molecule has 1 amide bonds. The minimum atomic E-state index is 0.180. The fourth-order valence-corrected chi connectivity index (χ4v) is 4.29. The molecule has 1 heterocycles. The molecule has 0 saturated carbocycles. The second-order valence-electron chi connectivity index (χ2n) is 8.50. The van der Waals surface area contributed by atoms with Crippen molar-refractivity contribution < 1.29 is 14.3 Å². The highest BCUT2D eigenvalue weighted by Crippen LogP contribution is 2.27. The molecule has 31 heavy (non-hydrogen) atoms. The monoisotopic (exact) mass is 424 g/mol. The maximum Gasteiger partial charge on any atom is 0.227 e. The van der Waals surface area contributed by atoms with Crippen molar-refractivity contribution in [2.45, 2.75) is 51.6 Å². The Kier molecular flexibility index (Phi) is 8.92. The first-order chi connectivity index (χ1) is 15.1. The molecule has 0 spiro atoms. The summed E-state index contributed by atoms with van der Waals surface area (Å²) in [6.07, 6.45) is 3.39. The third-order valence-corrected chi connectivity index (χ3v) is 5.70. The second kappa shape index (κ2) is 11.9. The molecular weight excluding hydrogens is 388 g/mol. The van der Waals surface area contributed by atoms with Crippen LogP contribution in [0.4, 0.5) is 0 Å². The Morgan fingerprint density at radius 1 is 1.13 bits per heavy atom. The molecule has 0 unspecified atom stereocenters. The van der Waals surface area contributed by atoms with Crippen molar-refractivity contribution >= 4 is 5.91 Å². The zero-order valence-electron chi connectivity index (χ0n) is 19.1. The SMILES string of the molecule is COCCCOc1cc(CC(=O)N(C(C)C)[C@@H]2CCCNC2)cc(-c2ccccc2)c1. The van der Waals surface area contributed by atoms with E-state index >= 15 is 0 Å². The summed E-state index contributed by atoms with van der Waals surface area (Å²) in [6, 6.07) is 16.9. The minimum absolute atomic E-state index is 0.180. The molecule has 2 aromatic rings. The summed E-state index contributed by atoms with van der Waals surface area (Å²) in [6.45, 7) is 7.39. The van der Waals surface area contributed by atoms with Crippen LogP contribution in [-0.2, 0) is 16.0 Å². The van der Waals surface area contributed by atoms with Gasteiger partial charge in [-0.25, -0.2) is 0 Å². The number of hydrogen-bond donors (Lipinski definition) is 1. The van der Waals surface area contributed by atoms with Gasteiger partial charge in [0.25, 0.3) is 0 Å². The van der Waals surface area contributed by atoms with Crippen LogP contribution in [0, 0.1) is 0 Å². The van der Waals surface area contributed by atoms with E-state index in [9.17, 15) is 4.79 Å². The van der Waals surface area contributed by atoms with Gasteiger partial charge in [-0.1, -0.05) is 36.4 Å². The normalized spacial score (nSPS) is 16.3. The van der Waals surface area contributed by atoms with E-state index in [-0.39, 0.29) is 18.0 Å². The molecule has 168 valence electrons. The first-order valence-corrected chi connectivity index (χ1v) is 11.4. The van der Waals surface area contributed by atoms with Gasteiger partial charge in [0.2, 0.25) is 5.91 Å². The van der Waals surface area contributed by atoms with Crippen molar-refractivity contribution in [3.05, 3.63) is 54.1 Å². The van der Waals surface area contributed by atoms with Crippen molar-refractivity contribution in [1.29, 1.82) is 0 Å². The number of hydrogen-bond acceptors (Lipinski definition) is 4. The number of benzene rings is 2. The highest BCUT2D eigenvalue weighted by atomic mass is 16.5. The van der Waals surface area contributed by atoms with E-state index in [1.54, 1.807) is 7.11 Å². The average molecular weight is 425 g/mol. The number of piperidine rings is 1. The van der Waals surface area contributed by atoms with Gasteiger partial charge in [-0.2, -0.15) is 0 Å². The second-order valence-corrected chi connectivity index (χ2v) is 8.50. The van der Waals surface area contributed by atoms with E-state index in [2.05, 4.69) is 48.3 Å². The average Bonchev–Trinajstić information content (AvgIpc) is 2.78. The maximum absolute atomic E-state index is 13.4. The summed E-state index contributed by atoms with van der Waals surface area (Å²) in [5.41, 5.74) is 3.18. The Hall–Kier alpha value is -2.37. The van der Waals surface area contributed by atoms with Gasteiger partial charge in [0.05, 0.1) is 13.0 Å². The molecule has 3 rings (SSSR count). The van der Waals surface area contributed by atoms with E-state index in [0.29, 0.717) is 19.6 Å². The van der Waals surface area contributed by atoms with Crippen LogP contribution in [-0.4, -0.2) is 56.3 Å². The fourth-order valence-electron chi connectivity index (χ4n) is 4.29. The van der Waals surface area contributed by atoms with Crippen molar-refractivity contribution in [3.63, 3.8) is 0 Å². The van der Waals surface area contributed by atoms with Crippen LogP contribution in [0.2, 0.25) is 0 Å². The van der Waals surface area contributed by atoms with Crippen molar-refractivity contribution in [3.8, 4) is 16.9 Å². The molecular formula is C26H36N2O3. The van der Waals surface area contributed by atoms with E-state index in [4.69, 9.17) is 9.47 Å². The zero-order chi connectivity index (χ0) is 22.1. The van der Waals surface area contributed by atoms with Crippen LogP contribution in [0.15, 0.2) is 48.5 Å². The lowest BCUT2D eigenvalue weighted by atomic mass is 9.99. The van der Waals surface area contributed by atoms with Crippen LogP contribution >= 0.6 is 0 Å². The van der Waals surface area contributed by atoms with Gasteiger partial charge in [-0.15, -0.1) is 0 Å². The Bertz CT molecular complexity index is 817. The predicted molar refractivity (Wildman–Crippen MR) is 125 cm³/mol. The standard InChI is InChI=1S/C26H36N2O3/c1-20(2)28(24-11-7-12-27-19-24)26(29)17-21-15-23(22-9-5-4-6-10-22)18-25(16-21)31-14-8-13-30-3/h4-6,9-10,15-16,18,20,24,27H,7-8,11-14,17,19H2,1-3H3/t24-/m1/s1. The molecule has 5 nitrogen and oxygen atoms in total. The van der Waals surface area contributed by atoms with Gasteiger partial charge >= 0.3 is 0 Å². The number of carbonyl (C=O) groups is 1. The zero-order valence-corrected chi connectivity index (χ0v) is 19.1. The van der Waals surface area contributed by atoms with E-state index in [1.807, 2.05) is 24.3 Å². The summed E-state index contributed by atoms with van der Waals surface area (Å²) >= 11 is 0. The molecule has 0 aromatic heterocycles. The van der Waals surface area contributed by atoms with E-state index in [0.717, 1.165) is 54.8 Å².